The molecule has 0 heterocycles. The molecule has 5 nitrogen and oxygen atoms in total. The molecule has 0 rings (SSSR count). The zero-order chi connectivity index (χ0) is 7.15. The molecule has 0 saturated heterocycles. The van der Waals surface area contributed by atoms with Crippen LogP contribution in [0.1, 0.15) is 8.35 Å². The van der Waals surface area contributed by atoms with Crippen molar-refractivity contribution in [3.63, 3.8) is 0 Å². The van der Waals surface area contributed by atoms with Crippen LogP contribution < -0.4 is 18.9 Å². The second-order valence-electron chi connectivity index (χ2n) is 0.802. The first kappa shape index (κ1) is 15.8. The monoisotopic (exact) mass is 130 g/mol. The number of hydrogen-bond acceptors (Lipinski definition) is 2. The van der Waals surface area contributed by atoms with Crippen LogP contribution in [-0.2, 0) is 4.79 Å². The number of hydrogen-bond donors (Lipinski definition) is 3. The van der Waals surface area contributed by atoms with Crippen LogP contribution in [0.15, 0.2) is 0 Å². The fourth-order valence-electron chi connectivity index (χ4n) is 0. The second-order valence-corrected chi connectivity index (χ2v) is 0.802. The summed E-state index contributed by atoms with van der Waals surface area (Å²) in [4.78, 5) is 17.6. The Morgan fingerprint density at radius 1 is 1.22 bits per heavy atom. The molecule has 50 valence electrons. The molecule has 0 aromatic carbocycles. The third kappa shape index (κ3) is 476. The zero-order valence-electron chi connectivity index (χ0n) is 6.16. The molecule has 0 atom stereocenters. The van der Waals surface area contributed by atoms with Gasteiger partial charge in [-0.05, 0) is 0 Å². The Labute approximate surface area is 65.0 Å². The van der Waals surface area contributed by atoms with E-state index in [4.69, 9.17) is 24.9 Å². The molecule has 0 aliphatic carbocycles. The Morgan fingerprint density at radius 3 is 1.22 bits per heavy atom. The maximum atomic E-state index is 9.00. The van der Waals surface area contributed by atoms with Crippen molar-refractivity contribution in [3.8, 4) is 0 Å². The first-order valence-electron chi connectivity index (χ1n) is 1.58. The number of carboxylic acids is 1. The van der Waals surface area contributed by atoms with Gasteiger partial charge in [0.05, 0.1) is 0 Å². The summed E-state index contributed by atoms with van der Waals surface area (Å²) in [5.41, 5.74) is 0. The minimum atomic E-state index is -1.83. The van der Waals surface area contributed by atoms with Crippen molar-refractivity contribution in [2.24, 2.45) is 0 Å². The number of rotatable bonds is 0. The summed E-state index contributed by atoms with van der Waals surface area (Å²) >= 11 is 0. The van der Waals surface area contributed by atoms with Crippen molar-refractivity contribution in [2.45, 2.75) is 6.92 Å². The van der Waals surface area contributed by atoms with Gasteiger partial charge in [0.1, 0.15) is 0 Å². The van der Waals surface area contributed by atoms with Gasteiger partial charge >= 0.3 is 25.0 Å². The average Bonchev–Trinajstić information content (AvgIpc) is 1.25. The maximum Gasteiger partial charge on any atom is 1.00 e. The minimum absolute atomic E-state index is 0. The zero-order valence-corrected chi connectivity index (χ0v) is 5.16. The number of carbonyl (C=O) groups is 2. The molecule has 0 spiro atoms. The van der Waals surface area contributed by atoms with Gasteiger partial charge in [-0.25, -0.2) is 4.79 Å². The molecule has 0 unspecified atom stereocenters. The third-order valence-corrected chi connectivity index (χ3v) is 0. The standard InChI is InChI=1S/C2H4O2.CH2O3.Li.H/c1-2(3)4;2-1(3)4;;/h1H3,(H,3,4);(H2,2,3,4);;/q;;+1;-1. The summed E-state index contributed by atoms with van der Waals surface area (Å²) in [5, 5.41) is 21.4. The smallest absolute Gasteiger partial charge is 1.00 e. The summed E-state index contributed by atoms with van der Waals surface area (Å²) in [6.45, 7) is 1.08. The van der Waals surface area contributed by atoms with Gasteiger partial charge in [0.15, 0.2) is 0 Å². The van der Waals surface area contributed by atoms with Gasteiger partial charge in [-0.3, -0.25) is 4.79 Å². The van der Waals surface area contributed by atoms with E-state index in [9.17, 15) is 0 Å². The van der Waals surface area contributed by atoms with Crippen LogP contribution in [0.25, 0.3) is 0 Å². The van der Waals surface area contributed by atoms with Crippen molar-refractivity contribution in [3.05, 3.63) is 0 Å². The first-order chi connectivity index (χ1) is 3.46. The van der Waals surface area contributed by atoms with Gasteiger partial charge < -0.3 is 16.7 Å². The minimum Gasteiger partial charge on any atom is -1.00 e. The molecule has 0 fully saturated rings. The van der Waals surface area contributed by atoms with E-state index in [0.29, 0.717) is 0 Å². The number of carboxylic acid groups (broad SMARTS) is 3. The van der Waals surface area contributed by atoms with E-state index >= 15 is 0 Å². The summed E-state index contributed by atoms with van der Waals surface area (Å²) in [5.74, 6) is -0.833. The van der Waals surface area contributed by atoms with Crippen LogP contribution in [-0.4, -0.2) is 27.4 Å². The van der Waals surface area contributed by atoms with E-state index in [1.807, 2.05) is 0 Å². The molecule has 0 radical (unpaired) electrons. The predicted octanol–water partition coefficient (Wildman–Crippen LogP) is -2.57. The molecule has 0 bridgehead atoms. The Bertz CT molecular complexity index is 74.9. The quantitative estimate of drug-likeness (QED) is 0.313. The molecule has 3 N–H and O–H groups in total. The van der Waals surface area contributed by atoms with Crippen LogP contribution in [0, 0.1) is 0 Å². The van der Waals surface area contributed by atoms with Gasteiger partial charge in [-0.1, -0.05) is 0 Å². The van der Waals surface area contributed by atoms with Crippen molar-refractivity contribution in [1.82, 2.24) is 0 Å². The molecule has 6 heteroatoms. The summed E-state index contributed by atoms with van der Waals surface area (Å²) in [6, 6.07) is 0. The summed E-state index contributed by atoms with van der Waals surface area (Å²) in [6.07, 6.45) is -1.83. The van der Waals surface area contributed by atoms with Crippen molar-refractivity contribution < 1.29 is 45.2 Å². The molecule has 0 aromatic heterocycles. The van der Waals surface area contributed by atoms with E-state index in [2.05, 4.69) is 0 Å². The predicted molar refractivity (Wildman–Crippen MR) is 25.1 cm³/mol. The fraction of sp³-hybridized carbons (Fsp3) is 0.333. The summed E-state index contributed by atoms with van der Waals surface area (Å²) < 4.78 is 0. The third-order valence-electron chi connectivity index (χ3n) is 0. The molecular formula is C3H7LiO5. The van der Waals surface area contributed by atoms with Crippen LogP contribution in [0.3, 0.4) is 0 Å². The SMILES string of the molecule is CC(=O)O.O=C(O)O.[H-].[Li+]. The largest absolute Gasteiger partial charge is 1.00 e. The topological polar surface area (TPSA) is 94.8 Å². The van der Waals surface area contributed by atoms with Crippen molar-refractivity contribution >= 4 is 12.1 Å². The van der Waals surface area contributed by atoms with Gasteiger partial charge in [0.2, 0.25) is 0 Å². The first-order valence-corrected chi connectivity index (χ1v) is 1.58. The molecule has 0 aliphatic heterocycles. The van der Waals surface area contributed by atoms with Gasteiger partial charge in [-0.15, -0.1) is 0 Å². The van der Waals surface area contributed by atoms with Gasteiger partial charge in [-0.2, -0.15) is 0 Å². The molecule has 9 heavy (non-hydrogen) atoms. The Morgan fingerprint density at radius 2 is 1.22 bits per heavy atom. The van der Waals surface area contributed by atoms with E-state index in [0.717, 1.165) is 6.92 Å². The van der Waals surface area contributed by atoms with Crippen LogP contribution >= 0.6 is 0 Å². The van der Waals surface area contributed by atoms with E-state index < -0.39 is 12.1 Å². The Kier molecular flexibility index (Phi) is 18.1. The van der Waals surface area contributed by atoms with E-state index in [1.54, 1.807) is 0 Å². The van der Waals surface area contributed by atoms with Crippen molar-refractivity contribution in [1.29, 1.82) is 0 Å². The van der Waals surface area contributed by atoms with E-state index in [1.165, 1.54) is 0 Å². The Balaban J connectivity index is -0.0000000300. The molecule has 0 aromatic rings. The van der Waals surface area contributed by atoms with Crippen molar-refractivity contribution in [2.75, 3.05) is 0 Å². The molecule has 0 amide bonds. The van der Waals surface area contributed by atoms with Crippen LogP contribution in [0.2, 0.25) is 0 Å². The van der Waals surface area contributed by atoms with Gasteiger partial charge in [0.25, 0.3) is 5.97 Å². The fourth-order valence-corrected chi connectivity index (χ4v) is 0. The Hall–Kier alpha value is -0.663. The van der Waals surface area contributed by atoms with Gasteiger partial charge in [0, 0.05) is 6.92 Å². The second kappa shape index (κ2) is 10.3. The van der Waals surface area contributed by atoms with E-state index in [-0.39, 0.29) is 20.3 Å². The molecule has 0 aliphatic rings. The maximum absolute atomic E-state index is 9.00. The molecule has 0 saturated carbocycles. The average molecular weight is 130 g/mol. The normalized spacial score (nSPS) is 5.44. The molecular weight excluding hydrogens is 123 g/mol. The van der Waals surface area contributed by atoms with Crippen LogP contribution in [0.4, 0.5) is 4.79 Å². The number of aliphatic carboxylic acids is 1. The summed E-state index contributed by atoms with van der Waals surface area (Å²) in [7, 11) is 0. The van der Waals surface area contributed by atoms with Crippen LogP contribution in [0.5, 0.6) is 0 Å².